The van der Waals surface area contributed by atoms with Gasteiger partial charge >= 0.3 is 6.09 Å². The Morgan fingerprint density at radius 3 is 2.09 bits per heavy atom. The summed E-state index contributed by atoms with van der Waals surface area (Å²) in [4.78, 5) is 40.8. The van der Waals surface area contributed by atoms with Gasteiger partial charge in [-0.2, -0.15) is 0 Å². The van der Waals surface area contributed by atoms with Crippen molar-refractivity contribution in [3.63, 3.8) is 0 Å². The first-order valence-corrected chi connectivity index (χ1v) is 11.3. The molecule has 0 aliphatic carbocycles. The number of nitrogens with one attached hydrogen (secondary N) is 2. The first-order valence-electron chi connectivity index (χ1n) is 11.3. The second-order valence-electron chi connectivity index (χ2n) is 10.7. The van der Waals surface area contributed by atoms with Gasteiger partial charge in [0.2, 0.25) is 11.8 Å². The third kappa shape index (κ3) is 8.68. The molecule has 0 aromatic heterocycles. The van der Waals surface area contributed by atoms with Gasteiger partial charge in [-0.15, -0.1) is 0 Å². The molecule has 0 saturated heterocycles. The summed E-state index contributed by atoms with van der Waals surface area (Å²) in [5.74, 6) is -0.916. The minimum absolute atomic E-state index is 0.341. The first-order chi connectivity index (χ1) is 15.0. The largest absolute Gasteiger partial charge is 0.444 e. The predicted octanol–water partition coefficient (Wildman–Crippen LogP) is 3.38. The molecule has 0 fully saturated rings. The van der Waals surface area contributed by atoms with Crippen LogP contribution in [0.5, 0.6) is 0 Å². The van der Waals surface area contributed by atoms with Crippen molar-refractivity contribution in [1.82, 2.24) is 15.5 Å². The lowest BCUT2D eigenvalue weighted by atomic mass is 9.94. The fraction of sp³-hybridized carbons (Fsp3) is 0.640. The SMILES string of the molecule is Cc1ccc(C)c(C(C(=O)NC(C)(C)C)N(C(=O)C(CO)NC(=O)OC(C)(C)C)C(C)C)c1. The lowest BCUT2D eigenvalue weighted by Crippen LogP contribution is -2.57. The van der Waals surface area contributed by atoms with Gasteiger partial charge in [0.05, 0.1) is 6.61 Å². The van der Waals surface area contributed by atoms with Crippen molar-refractivity contribution in [1.29, 1.82) is 0 Å². The second-order valence-corrected chi connectivity index (χ2v) is 10.7. The Balaban J connectivity index is 3.48. The average Bonchev–Trinajstić information content (AvgIpc) is 2.62. The predicted molar refractivity (Wildman–Crippen MR) is 129 cm³/mol. The number of alkyl carbamates (subject to hydrolysis) is 1. The zero-order valence-corrected chi connectivity index (χ0v) is 21.7. The van der Waals surface area contributed by atoms with Crippen LogP contribution in [0.25, 0.3) is 0 Å². The topological polar surface area (TPSA) is 108 Å². The number of carbonyl (C=O) groups is 3. The summed E-state index contributed by atoms with van der Waals surface area (Å²) in [5, 5.41) is 15.4. The highest BCUT2D eigenvalue weighted by molar-refractivity contribution is 5.92. The van der Waals surface area contributed by atoms with Gasteiger partial charge in [0.25, 0.3) is 0 Å². The molecule has 1 rings (SSSR count). The highest BCUT2D eigenvalue weighted by Crippen LogP contribution is 2.29. The molecule has 0 heterocycles. The molecule has 3 N–H and O–H groups in total. The summed E-state index contributed by atoms with van der Waals surface area (Å²) in [6.07, 6.45) is -0.818. The molecule has 3 amide bonds. The summed E-state index contributed by atoms with van der Waals surface area (Å²) >= 11 is 0. The zero-order chi connectivity index (χ0) is 25.7. The number of nitrogens with zero attached hydrogens (tertiary/aromatic N) is 1. The number of amides is 3. The molecule has 2 atom stereocenters. The van der Waals surface area contributed by atoms with Gasteiger partial charge in [0.15, 0.2) is 0 Å². The van der Waals surface area contributed by atoms with Gasteiger partial charge in [-0.3, -0.25) is 9.59 Å². The quantitative estimate of drug-likeness (QED) is 0.575. The third-order valence-corrected chi connectivity index (χ3v) is 4.74. The van der Waals surface area contributed by atoms with E-state index in [0.717, 1.165) is 11.1 Å². The number of ether oxygens (including phenoxy) is 1. The van der Waals surface area contributed by atoms with E-state index in [1.165, 1.54) is 4.90 Å². The van der Waals surface area contributed by atoms with E-state index < -0.39 is 47.9 Å². The van der Waals surface area contributed by atoms with E-state index >= 15 is 0 Å². The normalized spacial score (nSPS) is 13.8. The maximum atomic E-state index is 13.6. The molecule has 0 aliphatic rings. The number of carbonyl (C=O) groups excluding carboxylic acids is 3. The van der Waals surface area contributed by atoms with Crippen LogP contribution in [-0.2, 0) is 14.3 Å². The molecule has 8 nitrogen and oxygen atoms in total. The van der Waals surface area contributed by atoms with Crippen LogP contribution in [0.1, 0.15) is 78.1 Å². The van der Waals surface area contributed by atoms with Crippen LogP contribution in [-0.4, -0.2) is 57.7 Å². The van der Waals surface area contributed by atoms with Crippen LogP contribution in [0, 0.1) is 13.8 Å². The molecule has 0 bridgehead atoms. The van der Waals surface area contributed by atoms with Crippen LogP contribution in [0.2, 0.25) is 0 Å². The highest BCUT2D eigenvalue weighted by atomic mass is 16.6. The molecule has 0 spiro atoms. The minimum atomic E-state index is -1.27. The summed E-state index contributed by atoms with van der Waals surface area (Å²) in [5.41, 5.74) is 1.20. The van der Waals surface area contributed by atoms with Gasteiger partial charge < -0.3 is 25.4 Å². The molecule has 0 saturated carbocycles. The Bertz CT molecular complexity index is 853. The first kappa shape index (κ1) is 28.4. The molecule has 0 aliphatic heterocycles. The molecule has 0 radical (unpaired) electrons. The smallest absolute Gasteiger partial charge is 0.408 e. The molecule has 2 unspecified atom stereocenters. The van der Waals surface area contributed by atoms with E-state index in [-0.39, 0.29) is 5.91 Å². The number of rotatable bonds is 7. The fourth-order valence-electron chi connectivity index (χ4n) is 3.40. The Labute approximate surface area is 198 Å². The van der Waals surface area contributed by atoms with Crippen molar-refractivity contribution < 1.29 is 24.2 Å². The van der Waals surface area contributed by atoms with Gasteiger partial charge in [-0.1, -0.05) is 23.8 Å². The summed E-state index contributed by atoms with van der Waals surface area (Å²) in [6, 6.07) is 3.12. The van der Waals surface area contributed by atoms with Crippen molar-refractivity contribution in [2.24, 2.45) is 0 Å². The maximum absolute atomic E-state index is 13.6. The number of hydrogen-bond acceptors (Lipinski definition) is 5. The average molecular weight is 464 g/mol. The number of benzene rings is 1. The molecular weight excluding hydrogens is 422 g/mol. The Morgan fingerprint density at radius 2 is 1.64 bits per heavy atom. The molecular formula is C25H41N3O5. The summed E-state index contributed by atoms with van der Waals surface area (Å²) in [7, 11) is 0. The lowest BCUT2D eigenvalue weighted by Gasteiger charge is -2.38. The third-order valence-electron chi connectivity index (χ3n) is 4.74. The minimum Gasteiger partial charge on any atom is -0.444 e. The van der Waals surface area contributed by atoms with Crippen molar-refractivity contribution in [3.8, 4) is 0 Å². The Kier molecular flexibility index (Phi) is 9.48. The van der Waals surface area contributed by atoms with E-state index in [9.17, 15) is 19.5 Å². The van der Waals surface area contributed by atoms with Crippen LogP contribution in [0.3, 0.4) is 0 Å². The van der Waals surface area contributed by atoms with Crippen molar-refractivity contribution in [2.45, 2.75) is 98.5 Å². The Morgan fingerprint density at radius 1 is 1.06 bits per heavy atom. The molecule has 186 valence electrons. The number of aliphatic hydroxyl groups excluding tert-OH is 1. The Hall–Kier alpha value is -2.61. The van der Waals surface area contributed by atoms with E-state index in [2.05, 4.69) is 10.6 Å². The number of hydrogen-bond donors (Lipinski definition) is 3. The van der Waals surface area contributed by atoms with Crippen LogP contribution in [0.4, 0.5) is 4.79 Å². The monoisotopic (exact) mass is 463 g/mol. The second kappa shape index (κ2) is 11.0. The number of aryl methyl sites for hydroxylation is 2. The van der Waals surface area contributed by atoms with Gasteiger partial charge in [0.1, 0.15) is 17.7 Å². The number of aliphatic hydroxyl groups is 1. The fourth-order valence-corrected chi connectivity index (χ4v) is 3.40. The van der Waals surface area contributed by atoms with Crippen LogP contribution >= 0.6 is 0 Å². The zero-order valence-electron chi connectivity index (χ0n) is 21.7. The van der Waals surface area contributed by atoms with Crippen molar-refractivity contribution >= 4 is 17.9 Å². The van der Waals surface area contributed by atoms with Crippen LogP contribution < -0.4 is 10.6 Å². The maximum Gasteiger partial charge on any atom is 0.408 e. The standard InChI is InChI=1S/C25H41N3O5/c1-15(2)28(22(31)19(14-29)26-23(32)33-25(8,9)10)20(21(30)27-24(5,6)7)18-13-16(3)11-12-17(18)4/h11-13,15,19-20,29H,14H2,1-10H3,(H,26,32)(H,27,30). The highest BCUT2D eigenvalue weighted by Gasteiger charge is 2.39. The van der Waals surface area contributed by atoms with E-state index in [0.29, 0.717) is 5.56 Å². The van der Waals surface area contributed by atoms with Gasteiger partial charge in [-0.25, -0.2) is 4.79 Å². The molecule has 1 aromatic rings. The van der Waals surface area contributed by atoms with Crippen LogP contribution in [0.15, 0.2) is 18.2 Å². The molecule has 33 heavy (non-hydrogen) atoms. The van der Waals surface area contributed by atoms with Crippen molar-refractivity contribution in [3.05, 3.63) is 34.9 Å². The molecule has 1 aromatic carbocycles. The van der Waals surface area contributed by atoms with E-state index in [1.54, 1.807) is 34.6 Å². The van der Waals surface area contributed by atoms with Gasteiger partial charge in [-0.05, 0) is 80.4 Å². The summed E-state index contributed by atoms with van der Waals surface area (Å²) in [6.45, 7) is 17.5. The lowest BCUT2D eigenvalue weighted by molar-refractivity contribution is -0.146. The van der Waals surface area contributed by atoms with E-state index in [1.807, 2.05) is 52.8 Å². The van der Waals surface area contributed by atoms with E-state index in [4.69, 9.17) is 4.74 Å². The molecule has 8 heteroatoms. The summed E-state index contributed by atoms with van der Waals surface area (Å²) < 4.78 is 5.24. The van der Waals surface area contributed by atoms with Crippen molar-refractivity contribution in [2.75, 3.05) is 6.61 Å². The van der Waals surface area contributed by atoms with Gasteiger partial charge in [0, 0.05) is 11.6 Å².